The van der Waals surface area contributed by atoms with E-state index in [1.165, 1.54) is 0 Å². The highest BCUT2D eigenvalue weighted by Gasteiger charge is 2.14. The third kappa shape index (κ3) is 2.80. The Balaban J connectivity index is 1.67. The Kier molecular flexibility index (Phi) is 3.96. The second-order valence-corrected chi connectivity index (χ2v) is 7.28. The number of methoxy groups -OCH3 is 1. The zero-order chi connectivity index (χ0) is 20.1. The Labute approximate surface area is 171 Å². The number of halogens is 1. The Bertz CT molecular complexity index is 1440. The van der Waals surface area contributed by atoms with Gasteiger partial charge in [0.2, 0.25) is 5.65 Å². The normalized spacial score (nSPS) is 11.4. The van der Waals surface area contributed by atoms with Crippen LogP contribution in [0.1, 0.15) is 5.56 Å². The van der Waals surface area contributed by atoms with E-state index in [-0.39, 0.29) is 5.56 Å². The first-order valence-corrected chi connectivity index (χ1v) is 9.45. The van der Waals surface area contributed by atoms with Crippen molar-refractivity contribution in [3.63, 3.8) is 0 Å². The van der Waals surface area contributed by atoms with E-state index in [2.05, 4.69) is 9.97 Å². The van der Waals surface area contributed by atoms with Crippen LogP contribution in [-0.2, 0) is 0 Å². The van der Waals surface area contributed by atoms with Crippen LogP contribution in [0.5, 0.6) is 5.75 Å². The van der Waals surface area contributed by atoms with Crippen LogP contribution >= 0.6 is 11.6 Å². The van der Waals surface area contributed by atoms with Crippen molar-refractivity contribution >= 4 is 28.2 Å². The van der Waals surface area contributed by atoms with E-state index < -0.39 is 0 Å². The SMILES string of the molecule is COc1ccc2[nH]cc(-c3cn4ccn(-c5ccc(C)c(Cl)c5)c(=O)c4n3)c2c1. The fraction of sp³-hybridized carbons (Fsp3) is 0.0909. The number of imidazole rings is 1. The number of aromatic amines is 1. The molecule has 5 aromatic rings. The lowest BCUT2D eigenvalue weighted by molar-refractivity contribution is 0.415. The van der Waals surface area contributed by atoms with Crippen molar-refractivity contribution in [1.29, 1.82) is 0 Å². The number of benzene rings is 2. The van der Waals surface area contributed by atoms with Gasteiger partial charge in [-0.3, -0.25) is 9.36 Å². The van der Waals surface area contributed by atoms with Crippen molar-refractivity contribution in [2.75, 3.05) is 7.11 Å². The highest BCUT2D eigenvalue weighted by molar-refractivity contribution is 6.31. The summed E-state index contributed by atoms with van der Waals surface area (Å²) in [6.07, 6.45) is 7.28. The molecular weight excluding hydrogens is 388 g/mol. The van der Waals surface area contributed by atoms with Gasteiger partial charge in [0, 0.05) is 46.3 Å². The first-order chi connectivity index (χ1) is 14.0. The molecule has 7 heteroatoms. The monoisotopic (exact) mass is 404 g/mol. The van der Waals surface area contributed by atoms with Gasteiger partial charge >= 0.3 is 0 Å². The summed E-state index contributed by atoms with van der Waals surface area (Å²) in [6, 6.07) is 11.4. The lowest BCUT2D eigenvalue weighted by atomic mass is 10.1. The standard InChI is InChI=1S/C22H17ClN4O2/c1-13-3-4-14(9-18(13)23)27-8-7-26-12-20(25-21(26)22(27)28)17-11-24-19-6-5-15(29-2)10-16(17)19/h3-12,24H,1-2H3. The number of hydrogen-bond acceptors (Lipinski definition) is 3. The molecule has 0 fully saturated rings. The summed E-state index contributed by atoms with van der Waals surface area (Å²) in [5.41, 5.74) is 4.39. The van der Waals surface area contributed by atoms with E-state index in [0.29, 0.717) is 22.1 Å². The maximum atomic E-state index is 13.1. The van der Waals surface area contributed by atoms with Crippen LogP contribution in [-0.4, -0.2) is 26.0 Å². The molecule has 0 spiro atoms. The van der Waals surface area contributed by atoms with E-state index in [1.807, 2.05) is 55.8 Å². The van der Waals surface area contributed by atoms with Crippen LogP contribution in [0, 0.1) is 6.92 Å². The Morgan fingerprint density at radius 1 is 1.14 bits per heavy atom. The molecule has 0 saturated heterocycles. The van der Waals surface area contributed by atoms with Crippen molar-refractivity contribution in [2.24, 2.45) is 0 Å². The molecule has 0 unspecified atom stereocenters. The smallest absolute Gasteiger partial charge is 0.298 e. The van der Waals surface area contributed by atoms with Gasteiger partial charge in [0.25, 0.3) is 5.56 Å². The number of fused-ring (bicyclic) bond motifs is 2. The minimum atomic E-state index is -0.212. The van der Waals surface area contributed by atoms with Crippen LogP contribution in [0.2, 0.25) is 5.02 Å². The number of nitrogens with zero attached hydrogens (tertiary/aromatic N) is 3. The fourth-order valence-electron chi connectivity index (χ4n) is 3.48. The first-order valence-electron chi connectivity index (χ1n) is 9.07. The van der Waals surface area contributed by atoms with E-state index in [1.54, 1.807) is 28.3 Å². The van der Waals surface area contributed by atoms with Crippen molar-refractivity contribution in [3.05, 3.63) is 82.1 Å². The zero-order valence-electron chi connectivity index (χ0n) is 15.8. The third-order valence-corrected chi connectivity index (χ3v) is 5.52. The molecule has 5 rings (SSSR count). The van der Waals surface area contributed by atoms with Gasteiger partial charge in [-0.15, -0.1) is 0 Å². The molecule has 3 aromatic heterocycles. The fourth-order valence-corrected chi connectivity index (χ4v) is 3.66. The number of rotatable bonds is 3. The summed E-state index contributed by atoms with van der Waals surface area (Å²) in [6.45, 7) is 1.93. The molecule has 0 atom stereocenters. The van der Waals surface area contributed by atoms with Crippen LogP contribution < -0.4 is 10.3 Å². The molecule has 0 aliphatic rings. The predicted octanol–water partition coefficient (Wildman–Crippen LogP) is 4.60. The van der Waals surface area contributed by atoms with Gasteiger partial charge in [-0.25, -0.2) is 4.98 Å². The maximum Gasteiger partial charge on any atom is 0.298 e. The van der Waals surface area contributed by atoms with Gasteiger partial charge in [-0.05, 0) is 42.8 Å². The van der Waals surface area contributed by atoms with Crippen LogP contribution in [0.25, 0.3) is 33.5 Å². The van der Waals surface area contributed by atoms with E-state index >= 15 is 0 Å². The Morgan fingerprint density at radius 2 is 2.00 bits per heavy atom. The van der Waals surface area contributed by atoms with Gasteiger partial charge in [-0.1, -0.05) is 17.7 Å². The number of nitrogens with one attached hydrogen (secondary N) is 1. The molecule has 0 bridgehead atoms. The average Bonchev–Trinajstić information content (AvgIpc) is 3.34. The minimum absolute atomic E-state index is 0.212. The molecule has 144 valence electrons. The molecule has 0 saturated carbocycles. The van der Waals surface area contributed by atoms with Gasteiger partial charge in [0.15, 0.2) is 0 Å². The van der Waals surface area contributed by atoms with Crippen molar-refractivity contribution < 1.29 is 4.74 Å². The second-order valence-electron chi connectivity index (χ2n) is 6.88. The molecule has 0 aliphatic heterocycles. The van der Waals surface area contributed by atoms with E-state index in [9.17, 15) is 4.79 Å². The molecule has 6 nitrogen and oxygen atoms in total. The lowest BCUT2D eigenvalue weighted by Gasteiger charge is -2.07. The van der Waals surface area contributed by atoms with Crippen LogP contribution in [0.3, 0.4) is 0 Å². The van der Waals surface area contributed by atoms with E-state index in [0.717, 1.165) is 27.8 Å². The zero-order valence-corrected chi connectivity index (χ0v) is 16.6. The quantitative estimate of drug-likeness (QED) is 0.477. The summed E-state index contributed by atoms with van der Waals surface area (Å²) < 4.78 is 8.63. The number of H-pyrrole nitrogens is 1. The highest BCUT2D eigenvalue weighted by atomic mass is 35.5. The first kappa shape index (κ1) is 17.6. The summed E-state index contributed by atoms with van der Waals surface area (Å²) in [5.74, 6) is 0.765. The number of hydrogen-bond donors (Lipinski definition) is 1. The molecule has 1 N–H and O–H groups in total. The number of ether oxygens (including phenoxy) is 1. The molecule has 0 radical (unpaired) electrons. The summed E-state index contributed by atoms with van der Waals surface area (Å²) in [5, 5.41) is 1.60. The van der Waals surface area contributed by atoms with Crippen LogP contribution in [0.4, 0.5) is 0 Å². The van der Waals surface area contributed by atoms with Gasteiger partial charge in [-0.2, -0.15) is 0 Å². The topological polar surface area (TPSA) is 64.3 Å². The maximum absolute atomic E-state index is 13.1. The molecule has 0 amide bonds. The summed E-state index contributed by atoms with van der Waals surface area (Å²) in [4.78, 5) is 20.9. The highest BCUT2D eigenvalue weighted by Crippen LogP contribution is 2.30. The molecular formula is C22H17ClN4O2. The van der Waals surface area contributed by atoms with Gasteiger partial charge in [0.05, 0.1) is 18.5 Å². The Morgan fingerprint density at radius 3 is 2.79 bits per heavy atom. The lowest BCUT2D eigenvalue weighted by Crippen LogP contribution is -2.19. The number of aryl methyl sites for hydroxylation is 1. The average molecular weight is 405 g/mol. The minimum Gasteiger partial charge on any atom is -0.497 e. The van der Waals surface area contributed by atoms with Crippen LogP contribution in [0.15, 0.2) is 66.0 Å². The van der Waals surface area contributed by atoms with E-state index in [4.69, 9.17) is 16.3 Å². The third-order valence-electron chi connectivity index (χ3n) is 5.12. The summed E-state index contributed by atoms with van der Waals surface area (Å²) >= 11 is 6.24. The number of aromatic nitrogens is 4. The Hall–Kier alpha value is -3.51. The predicted molar refractivity (Wildman–Crippen MR) is 114 cm³/mol. The van der Waals surface area contributed by atoms with Crippen molar-refractivity contribution in [3.8, 4) is 22.7 Å². The molecule has 2 aromatic carbocycles. The largest absolute Gasteiger partial charge is 0.497 e. The van der Waals surface area contributed by atoms with Gasteiger partial charge < -0.3 is 14.1 Å². The second kappa shape index (κ2) is 6.53. The molecule has 3 heterocycles. The molecule has 0 aliphatic carbocycles. The summed E-state index contributed by atoms with van der Waals surface area (Å²) in [7, 11) is 1.64. The van der Waals surface area contributed by atoms with Crippen molar-refractivity contribution in [1.82, 2.24) is 18.9 Å². The van der Waals surface area contributed by atoms with Crippen molar-refractivity contribution in [2.45, 2.75) is 6.92 Å². The molecule has 29 heavy (non-hydrogen) atoms. The van der Waals surface area contributed by atoms with Gasteiger partial charge in [0.1, 0.15) is 5.75 Å².